The Hall–Kier alpha value is -7.67. The Morgan fingerprint density at radius 3 is 1.14 bits per heavy atom. The second-order valence-electron chi connectivity index (χ2n) is 15.8. The Kier molecular flexibility index (Phi) is 42.4. The molecule has 430 valence electrons. The van der Waals surface area contributed by atoms with E-state index in [4.69, 9.17) is 59.7 Å². The maximum absolute atomic E-state index is 11.7. The Morgan fingerprint density at radius 1 is 0.494 bits per heavy atom. The third kappa shape index (κ3) is 47.8. The second kappa shape index (κ2) is 45.7. The molecule has 1 fully saturated rings. The third-order valence-electron chi connectivity index (χ3n) is 8.69. The molecule has 3 rings (SSSR count). The van der Waals surface area contributed by atoms with E-state index in [0.29, 0.717) is 12.8 Å². The summed E-state index contributed by atoms with van der Waals surface area (Å²) in [6.45, 7) is 9.64. The van der Waals surface area contributed by atoms with Gasteiger partial charge in [0.25, 0.3) is 0 Å². The van der Waals surface area contributed by atoms with Gasteiger partial charge in [-0.05, 0) is 64.0 Å². The van der Waals surface area contributed by atoms with Gasteiger partial charge < -0.3 is 64.1 Å². The number of carbonyl (C=O) groups is 12. The first-order valence-corrected chi connectivity index (χ1v) is 24.5. The van der Waals surface area contributed by atoms with Crippen LogP contribution in [0.15, 0.2) is 60.7 Å². The number of alkyl halides is 1. The number of carboxylic acid groups (broad SMARTS) is 2. The van der Waals surface area contributed by atoms with E-state index >= 15 is 0 Å². The molecule has 1 aliphatic heterocycles. The van der Waals surface area contributed by atoms with Crippen LogP contribution < -0.4 is 16.0 Å². The van der Waals surface area contributed by atoms with E-state index in [2.05, 4.69) is 16.0 Å². The predicted molar refractivity (Wildman–Crippen MR) is 271 cm³/mol. The molecule has 1 aliphatic rings. The van der Waals surface area contributed by atoms with Gasteiger partial charge in [0.05, 0.1) is 19.8 Å². The normalized spacial score (nSPS) is 11.8. The summed E-state index contributed by atoms with van der Waals surface area (Å²) in [5, 5.41) is 22.2. The molecule has 1 saturated heterocycles. The van der Waals surface area contributed by atoms with E-state index in [-0.39, 0.29) is 108 Å². The number of halogens is 1. The van der Waals surface area contributed by atoms with Crippen molar-refractivity contribution in [1.82, 2.24) is 16.0 Å². The number of carboxylic acids is 2. The molecule has 1 heterocycles. The highest BCUT2D eigenvalue weighted by molar-refractivity contribution is 6.29. The lowest BCUT2D eigenvalue weighted by molar-refractivity contribution is -0.166. The fourth-order valence-electron chi connectivity index (χ4n) is 4.82. The maximum Gasteiger partial charge on any atom is 0.347 e. The lowest BCUT2D eigenvalue weighted by atomic mass is 10.2. The molecule has 2 aromatic rings. The van der Waals surface area contributed by atoms with Crippen molar-refractivity contribution in [2.45, 2.75) is 124 Å². The molecule has 25 nitrogen and oxygen atoms in total. The summed E-state index contributed by atoms with van der Waals surface area (Å²) in [6.07, 6.45) is 1.49. The average molecular weight is 1110 g/mol. The van der Waals surface area contributed by atoms with Crippen LogP contribution in [-0.4, -0.2) is 152 Å². The summed E-state index contributed by atoms with van der Waals surface area (Å²) in [4.78, 5) is 131. The van der Waals surface area contributed by atoms with Gasteiger partial charge in [0.1, 0.15) is 38.2 Å². The van der Waals surface area contributed by atoms with Crippen LogP contribution in [0.2, 0.25) is 0 Å². The average Bonchev–Trinajstić information content (AvgIpc) is 3.99. The summed E-state index contributed by atoms with van der Waals surface area (Å²) < 4.78 is 39.1. The molecule has 0 radical (unpaired) electrons. The first kappa shape index (κ1) is 71.4. The van der Waals surface area contributed by atoms with Crippen LogP contribution in [0.4, 0.5) is 0 Å². The SMILES string of the molecule is C1CCOC1.CC(=O)NCC(=O)O.CC(=O)NCC(=O)OC(C)C(=O)OCCCC(=O)O.CC(=O)NCC(=O)OC(C)C(=O)OCCCC(=O)OCc1ccccc1.CC(Cl)C(=O)OCCCC(=O)OCc1ccccc1. The molecular formula is C51H72ClN3O22. The van der Waals surface area contributed by atoms with Gasteiger partial charge in [-0.25, -0.2) is 9.59 Å². The smallest absolute Gasteiger partial charge is 0.347 e. The zero-order chi connectivity index (χ0) is 58.4. The Bertz CT molecular complexity index is 2080. The molecule has 3 amide bonds. The van der Waals surface area contributed by atoms with E-state index < -0.39 is 59.4 Å². The number of esters is 7. The van der Waals surface area contributed by atoms with Crippen molar-refractivity contribution in [2.75, 3.05) is 52.7 Å². The highest BCUT2D eigenvalue weighted by Gasteiger charge is 2.21. The summed E-state index contributed by atoms with van der Waals surface area (Å²) in [7, 11) is 0. The molecule has 3 atom stereocenters. The fourth-order valence-corrected chi connectivity index (χ4v) is 4.89. The van der Waals surface area contributed by atoms with E-state index in [1.807, 2.05) is 60.7 Å². The minimum Gasteiger partial charge on any atom is -0.481 e. The standard InChI is InChI=1S/C18H23NO7.C14H17ClO4.C11H17NO7.C4H7NO3.C4H8O/c1-13(26-17(22)11-19-14(2)20)18(23)24-10-6-9-16(21)25-12-15-7-4-3-5-8-15;1-11(15)14(17)18-9-5-8-13(16)19-10-12-6-3-2-4-7-12;1-7(19-10(16)6-12-8(2)13)11(17)18-5-3-4-9(14)15;1-3(6)5-2-4(7)8;1-2-4-5-3-1/h3-5,7-8,13H,6,9-12H2,1-2H3,(H,19,20);2-4,6-7,11H,5,8-10H2,1H3;7H,3-6H2,1-2H3,(H,12,13)(H,14,15);2H2,1H3,(H,5,6)(H,7,8);1-4H2. The van der Waals surface area contributed by atoms with E-state index in [1.165, 1.54) is 54.4 Å². The summed E-state index contributed by atoms with van der Waals surface area (Å²) in [6, 6.07) is 18.7. The minimum absolute atomic E-state index is 0.00680. The zero-order valence-electron chi connectivity index (χ0n) is 44.2. The predicted octanol–water partition coefficient (Wildman–Crippen LogP) is 3.27. The van der Waals surface area contributed by atoms with Crippen LogP contribution >= 0.6 is 11.6 Å². The van der Waals surface area contributed by atoms with Crippen LogP contribution in [-0.2, 0) is 109 Å². The van der Waals surface area contributed by atoms with E-state index in [9.17, 15) is 57.5 Å². The van der Waals surface area contributed by atoms with Gasteiger partial charge in [0, 0.05) is 53.2 Å². The molecule has 26 heteroatoms. The number of ether oxygens (including phenoxy) is 8. The van der Waals surface area contributed by atoms with Crippen molar-refractivity contribution in [3.8, 4) is 0 Å². The summed E-state index contributed by atoms with van der Waals surface area (Å²) in [5.41, 5.74) is 1.83. The minimum atomic E-state index is -1.11. The van der Waals surface area contributed by atoms with Gasteiger partial charge in [0.2, 0.25) is 17.7 Å². The monoisotopic (exact) mass is 1110 g/mol. The van der Waals surface area contributed by atoms with Crippen molar-refractivity contribution < 1.29 is 106 Å². The largest absolute Gasteiger partial charge is 0.481 e. The lowest BCUT2D eigenvalue weighted by Gasteiger charge is -2.12. The topological polar surface area (TPSA) is 355 Å². The number of hydrogen-bond acceptors (Lipinski definition) is 20. The third-order valence-corrected chi connectivity index (χ3v) is 8.87. The molecule has 0 spiro atoms. The van der Waals surface area contributed by atoms with Gasteiger partial charge in [-0.15, -0.1) is 11.6 Å². The molecule has 0 aromatic heterocycles. The molecular weight excluding hydrogens is 1040 g/mol. The van der Waals surface area contributed by atoms with Crippen LogP contribution in [0.25, 0.3) is 0 Å². The molecule has 0 saturated carbocycles. The van der Waals surface area contributed by atoms with Gasteiger partial charge in [-0.3, -0.25) is 47.9 Å². The van der Waals surface area contributed by atoms with Gasteiger partial charge in [-0.2, -0.15) is 0 Å². The second-order valence-corrected chi connectivity index (χ2v) is 16.5. The van der Waals surface area contributed by atoms with Crippen LogP contribution in [0.1, 0.15) is 104 Å². The van der Waals surface area contributed by atoms with Crippen LogP contribution in [0, 0.1) is 0 Å². The summed E-state index contributed by atoms with van der Waals surface area (Å²) in [5.74, 6) is -7.26. The van der Waals surface area contributed by atoms with Crippen LogP contribution in [0.5, 0.6) is 0 Å². The number of rotatable bonds is 27. The maximum atomic E-state index is 11.7. The molecule has 5 N–H and O–H groups in total. The fraction of sp³-hybridized carbons (Fsp3) is 0.529. The number of hydrogen-bond donors (Lipinski definition) is 5. The van der Waals surface area contributed by atoms with Gasteiger partial charge >= 0.3 is 53.7 Å². The molecule has 2 aromatic carbocycles. The molecule has 77 heavy (non-hydrogen) atoms. The van der Waals surface area contributed by atoms with E-state index in [0.717, 1.165) is 24.3 Å². The number of carbonyl (C=O) groups excluding carboxylic acids is 10. The number of aliphatic carboxylic acids is 2. The first-order chi connectivity index (χ1) is 36.4. The van der Waals surface area contributed by atoms with Gasteiger partial charge in [-0.1, -0.05) is 60.7 Å². The molecule has 0 aliphatic carbocycles. The van der Waals surface area contributed by atoms with Crippen molar-refractivity contribution in [2.24, 2.45) is 0 Å². The van der Waals surface area contributed by atoms with Crippen LogP contribution in [0.3, 0.4) is 0 Å². The highest BCUT2D eigenvalue weighted by Crippen LogP contribution is 2.06. The molecule has 3 unspecified atom stereocenters. The van der Waals surface area contributed by atoms with Crippen molar-refractivity contribution in [3.63, 3.8) is 0 Å². The summed E-state index contributed by atoms with van der Waals surface area (Å²) >= 11 is 5.52. The lowest BCUT2D eigenvalue weighted by Crippen LogP contribution is -2.33. The Labute approximate surface area is 451 Å². The number of amides is 3. The van der Waals surface area contributed by atoms with Crippen molar-refractivity contribution in [1.29, 1.82) is 0 Å². The Morgan fingerprint density at radius 2 is 0.844 bits per heavy atom. The quantitative estimate of drug-likeness (QED) is 0.0371. The Balaban J connectivity index is 0. The molecule has 0 bridgehead atoms. The first-order valence-electron chi connectivity index (χ1n) is 24.1. The van der Waals surface area contributed by atoms with E-state index in [1.54, 1.807) is 0 Å². The van der Waals surface area contributed by atoms with Crippen molar-refractivity contribution >= 4 is 83.0 Å². The zero-order valence-corrected chi connectivity index (χ0v) is 44.9. The highest BCUT2D eigenvalue weighted by atomic mass is 35.5. The number of nitrogens with one attached hydrogen (secondary N) is 3. The van der Waals surface area contributed by atoms with Gasteiger partial charge in [0.15, 0.2) is 12.2 Å². The van der Waals surface area contributed by atoms with Crippen molar-refractivity contribution in [3.05, 3.63) is 71.8 Å². The number of benzene rings is 2.